The summed E-state index contributed by atoms with van der Waals surface area (Å²) in [6.07, 6.45) is 4.40. The highest BCUT2D eigenvalue weighted by molar-refractivity contribution is 7.98. The molecular formula is C29H34ClN5OS. The lowest BCUT2D eigenvalue weighted by Gasteiger charge is -2.35. The van der Waals surface area contributed by atoms with E-state index >= 15 is 0 Å². The van der Waals surface area contributed by atoms with E-state index in [0.29, 0.717) is 34.1 Å². The van der Waals surface area contributed by atoms with Gasteiger partial charge in [0.2, 0.25) is 0 Å². The largest absolute Gasteiger partial charge is 0.354 e. The van der Waals surface area contributed by atoms with Gasteiger partial charge in [-0.25, -0.2) is 9.97 Å². The minimum Gasteiger partial charge on any atom is -0.354 e. The third-order valence-electron chi connectivity index (χ3n) is 6.09. The molecule has 0 saturated carbocycles. The van der Waals surface area contributed by atoms with Gasteiger partial charge in [-0.3, -0.25) is 9.69 Å². The van der Waals surface area contributed by atoms with Crippen molar-refractivity contribution in [3.63, 3.8) is 0 Å². The molecule has 4 rings (SSSR count). The summed E-state index contributed by atoms with van der Waals surface area (Å²) in [4.78, 5) is 26.2. The SMILES string of the molecule is CC(C)CNC(=O)c1ccc(CSc2nc(Cl)cc(N3CCN(CC=Cc4ccccc4)CC3)n2)cc1. The fourth-order valence-corrected chi connectivity index (χ4v) is 5.01. The molecule has 0 radical (unpaired) electrons. The monoisotopic (exact) mass is 535 g/mol. The van der Waals surface area contributed by atoms with E-state index in [1.54, 1.807) is 11.8 Å². The molecule has 1 fully saturated rings. The number of aromatic nitrogens is 2. The minimum absolute atomic E-state index is 0.0389. The van der Waals surface area contributed by atoms with E-state index in [4.69, 9.17) is 16.6 Å². The van der Waals surface area contributed by atoms with Crippen LogP contribution in [0.25, 0.3) is 6.08 Å². The molecule has 1 aromatic heterocycles. The first-order valence-corrected chi connectivity index (χ1v) is 14.1. The lowest BCUT2D eigenvalue weighted by Crippen LogP contribution is -2.46. The molecule has 1 aliphatic rings. The van der Waals surface area contributed by atoms with Crippen molar-refractivity contribution in [2.75, 3.05) is 44.2 Å². The number of anilines is 1. The first kappa shape index (κ1) is 27.2. The van der Waals surface area contributed by atoms with E-state index in [-0.39, 0.29) is 5.91 Å². The second-order valence-electron chi connectivity index (χ2n) is 9.52. The molecule has 2 aromatic carbocycles. The average molecular weight is 536 g/mol. The molecule has 0 unspecified atom stereocenters. The van der Waals surface area contributed by atoms with Crippen LogP contribution in [0.2, 0.25) is 5.15 Å². The van der Waals surface area contributed by atoms with Crippen LogP contribution in [0.15, 0.2) is 71.9 Å². The zero-order valence-electron chi connectivity index (χ0n) is 21.4. The van der Waals surface area contributed by atoms with Crippen LogP contribution in [0.1, 0.15) is 35.3 Å². The number of amides is 1. The number of carbonyl (C=O) groups excluding carboxylic acids is 1. The van der Waals surface area contributed by atoms with E-state index < -0.39 is 0 Å². The summed E-state index contributed by atoms with van der Waals surface area (Å²) in [6, 6.07) is 19.9. The second-order valence-corrected chi connectivity index (χ2v) is 10.9. The topological polar surface area (TPSA) is 61.4 Å². The molecule has 6 nitrogen and oxygen atoms in total. The Morgan fingerprint density at radius 3 is 2.49 bits per heavy atom. The van der Waals surface area contributed by atoms with Crippen LogP contribution in [0.4, 0.5) is 5.82 Å². The smallest absolute Gasteiger partial charge is 0.251 e. The van der Waals surface area contributed by atoms with Crippen LogP contribution in [0.3, 0.4) is 0 Å². The summed E-state index contributed by atoms with van der Waals surface area (Å²) < 4.78 is 0. The van der Waals surface area contributed by atoms with E-state index in [9.17, 15) is 4.79 Å². The summed E-state index contributed by atoms with van der Waals surface area (Å²) in [7, 11) is 0. The number of halogens is 1. The maximum atomic E-state index is 12.2. The number of nitrogens with one attached hydrogen (secondary N) is 1. The number of piperazine rings is 1. The lowest BCUT2D eigenvalue weighted by atomic mass is 10.1. The Morgan fingerprint density at radius 2 is 1.78 bits per heavy atom. The summed E-state index contributed by atoms with van der Waals surface area (Å²) in [5, 5.41) is 4.07. The highest BCUT2D eigenvalue weighted by Gasteiger charge is 2.18. The highest BCUT2D eigenvalue weighted by Crippen LogP contribution is 2.25. The first-order valence-electron chi connectivity index (χ1n) is 12.7. The molecule has 1 amide bonds. The van der Waals surface area contributed by atoms with Gasteiger partial charge in [0.25, 0.3) is 5.91 Å². The lowest BCUT2D eigenvalue weighted by molar-refractivity contribution is 0.0949. The van der Waals surface area contributed by atoms with Crippen LogP contribution in [0.5, 0.6) is 0 Å². The van der Waals surface area contributed by atoms with Gasteiger partial charge in [0.05, 0.1) is 0 Å². The summed E-state index contributed by atoms with van der Waals surface area (Å²) in [6.45, 7) is 9.51. The molecule has 0 aliphatic carbocycles. The summed E-state index contributed by atoms with van der Waals surface area (Å²) in [5.41, 5.74) is 3.00. The molecule has 37 heavy (non-hydrogen) atoms. The van der Waals surface area contributed by atoms with Crippen LogP contribution >= 0.6 is 23.4 Å². The second kappa shape index (κ2) is 13.6. The van der Waals surface area contributed by atoms with E-state index in [1.807, 2.05) is 36.4 Å². The third kappa shape index (κ3) is 8.59. The van der Waals surface area contributed by atoms with Crippen molar-refractivity contribution in [2.45, 2.75) is 24.8 Å². The molecule has 0 spiro atoms. The van der Waals surface area contributed by atoms with Gasteiger partial charge in [-0.05, 0) is 29.2 Å². The molecule has 8 heteroatoms. The zero-order valence-corrected chi connectivity index (χ0v) is 23.0. The quantitative estimate of drug-likeness (QED) is 0.206. The number of carbonyl (C=O) groups is 1. The fourth-order valence-electron chi connectivity index (χ4n) is 3.97. The standard InChI is InChI=1S/C29H34ClN5OS/c1-22(2)20-31-28(36)25-12-10-24(11-13-25)21-37-29-32-26(30)19-27(33-29)35-17-15-34(16-18-35)14-6-9-23-7-4-3-5-8-23/h3-13,19,22H,14-18,20-21H2,1-2H3,(H,31,36). The summed E-state index contributed by atoms with van der Waals surface area (Å²) >= 11 is 7.91. The van der Waals surface area contributed by atoms with Crippen LogP contribution in [-0.2, 0) is 5.75 Å². The fraction of sp³-hybridized carbons (Fsp3) is 0.345. The van der Waals surface area contributed by atoms with Gasteiger partial charge in [-0.1, -0.05) is 91.8 Å². The Morgan fingerprint density at radius 1 is 1.05 bits per heavy atom. The van der Waals surface area contributed by atoms with Gasteiger partial charge in [0.1, 0.15) is 11.0 Å². The Kier molecular flexibility index (Phi) is 9.99. The van der Waals surface area contributed by atoms with Crippen molar-refractivity contribution in [1.29, 1.82) is 0 Å². The molecule has 3 aromatic rings. The van der Waals surface area contributed by atoms with E-state index in [1.165, 1.54) is 5.56 Å². The van der Waals surface area contributed by atoms with Gasteiger partial charge in [-0.2, -0.15) is 0 Å². The minimum atomic E-state index is -0.0389. The molecular weight excluding hydrogens is 502 g/mol. The number of hydrogen-bond donors (Lipinski definition) is 1. The average Bonchev–Trinajstić information content (AvgIpc) is 2.91. The first-order chi connectivity index (χ1) is 18.0. The number of benzene rings is 2. The Labute approximate surface area is 229 Å². The molecule has 194 valence electrons. The van der Waals surface area contributed by atoms with Crippen molar-refractivity contribution >= 4 is 41.2 Å². The van der Waals surface area contributed by atoms with E-state index in [2.05, 4.69) is 70.4 Å². The molecule has 0 atom stereocenters. The van der Waals surface area contributed by atoms with Gasteiger partial charge in [-0.15, -0.1) is 0 Å². The molecule has 2 heterocycles. The van der Waals surface area contributed by atoms with Crippen LogP contribution < -0.4 is 10.2 Å². The molecule has 1 saturated heterocycles. The Hall–Kier alpha value is -2.87. The normalized spacial score (nSPS) is 14.4. The van der Waals surface area contributed by atoms with Gasteiger partial charge in [0, 0.05) is 56.7 Å². The molecule has 0 bridgehead atoms. The van der Waals surface area contributed by atoms with E-state index in [0.717, 1.165) is 44.1 Å². The molecule has 1 N–H and O–H groups in total. The number of rotatable bonds is 10. The number of thioether (sulfide) groups is 1. The van der Waals surface area contributed by atoms with Gasteiger partial charge in [0.15, 0.2) is 5.16 Å². The van der Waals surface area contributed by atoms with Crippen molar-refractivity contribution < 1.29 is 4.79 Å². The van der Waals surface area contributed by atoms with Crippen molar-refractivity contribution in [1.82, 2.24) is 20.2 Å². The predicted octanol–water partition coefficient (Wildman–Crippen LogP) is 5.64. The highest BCUT2D eigenvalue weighted by atomic mass is 35.5. The number of nitrogens with zero attached hydrogens (tertiary/aromatic N) is 4. The van der Waals surface area contributed by atoms with Gasteiger partial charge < -0.3 is 10.2 Å². The Bertz CT molecular complexity index is 1180. The zero-order chi connectivity index (χ0) is 26.0. The van der Waals surface area contributed by atoms with Crippen LogP contribution in [0, 0.1) is 5.92 Å². The molecule has 1 aliphatic heterocycles. The van der Waals surface area contributed by atoms with Gasteiger partial charge >= 0.3 is 0 Å². The maximum Gasteiger partial charge on any atom is 0.251 e. The van der Waals surface area contributed by atoms with Crippen LogP contribution in [-0.4, -0.2) is 60.0 Å². The predicted molar refractivity (Wildman–Crippen MR) is 154 cm³/mol. The van der Waals surface area contributed by atoms with Crippen molar-refractivity contribution in [2.24, 2.45) is 5.92 Å². The summed E-state index contributed by atoms with van der Waals surface area (Å²) in [5.74, 6) is 1.96. The number of hydrogen-bond acceptors (Lipinski definition) is 6. The van der Waals surface area contributed by atoms with Crippen molar-refractivity contribution in [3.8, 4) is 0 Å². The Balaban J connectivity index is 1.27. The van der Waals surface area contributed by atoms with Crippen molar-refractivity contribution in [3.05, 3.63) is 88.6 Å². The third-order valence-corrected chi connectivity index (χ3v) is 7.20. The maximum absolute atomic E-state index is 12.2.